The fraction of sp³-hybridized carbons (Fsp3) is 0. The minimum absolute atomic E-state index is 0.178. The first-order valence-electron chi connectivity index (χ1n) is 7.92. The standard InChI is InChI=1S/C20H12N4O/c25-20-18-7-5-16(23-18)10-14-3-1-12(21-14)9-13-2-4-15(22-13)11-17-6-8-19(20)24-17/h1-11,21H. The highest BCUT2D eigenvalue weighted by molar-refractivity contribution is 6.71. The van der Waals surface area contributed by atoms with Crippen LogP contribution >= 0.6 is 0 Å². The molecule has 0 spiro atoms. The summed E-state index contributed by atoms with van der Waals surface area (Å²) in [7, 11) is 0. The number of hydrogen-bond donors (Lipinski definition) is 1. The van der Waals surface area contributed by atoms with Gasteiger partial charge in [-0.05, 0) is 66.8 Å². The third kappa shape index (κ3) is 2.52. The van der Waals surface area contributed by atoms with Crippen LogP contribution in [0.4, 0.5) is 0 Å². The average Bonchev–Trinajstić information content (AvgIpc) is 3.36. The Labute approximate surface area is 143 Å². The summed E-state index contributed by atoms with van der Waals surface area (Å²) in [6, 6.07) is 3.96. The molecule has 5 heteroatoms. The van der Waals surface area contributed by atoms with Crippen LogP contribution in [0.5, 0.6) is 0 Å². The zero-order valence-electron chi connectivity index (χ0n) is 13.1. The maximum absolute atomic E-state index is 12.6. The van der Waals surface area contributed by atoms with Crippen molar-refractivity contribution in [3.63, 3.8) is 0 Å². The molecule has 1 aromatic heterocycles. The number of hydrogen-bond acceptors (Lipinski definition) is 4. The number of aliphatic imine (C=N–C) groups is 3. The number of H-pyrrole nitrogens is 1. The molecule has 118 valence electrons. The van der Waals surface area contributed by atoms with Crippen LogP contribution in [0.25, 0.3) is 12.2 Å². The Balaban J connectivity index is 1.66. The fourth-order valence-electron chi connectivity index (χ4n) is 2.92. The van der Waals surface area contributed by atoms with Gasteiger partial charge in [0.05, 0.1) is 22.8 Å². The van der Waals surface area contributed by atoms with Crippen molar-refractivity contribution < 1.29 is 4.79 Å². The summed E-state index contributed by atoms with van der Waals surface area (Å²) in [5.74, 6) is -0.178. The predicted molar refractivity (Wildman–Crippen MR) is 99.6 cm³/mol. The lowest BCUT2D eigenvalue weighted by molar-refractivity contribution is -0.107. The zero-order chi connectivity index (χ0) is 16.8. The van der Waals surface area contributed by atoms with Gasteiger partial charge in [-0.15, -0.1) is 0 Å². The van der Waals surface area contributed by atoms with Gasteiger partial charge in [0, 0.05) is 11.4 Å². The van der Waals surface area contributed by atoms with Crippen LogP contribution in [0, 0.1) is 0 Å². The molecule has 1 N–H and O–H groups in total. The highest BCUT2D eigenvalue weighted by Gasteiger charge is 2.20. The van der Waals surface area contributed by atoms with Crippen molar-refractivity contribution >= 4 is 35.1 Å². The van der Waals surface area contributed by atoms with Crippen LogP contribution in [0.2, 0.25) is 0 Å². The molecule has 5 nitrogen and oxygen atoms in total. The molecule has 25 heavy (non-hydrogen) atoms. The molecule has 0 fully saturated rings. The number of carbonyl (C=O) groups excluding carboxylic acids is 1. The molecule has 1 aromatic rings. The van der Waals surface area contributed by atoms with Gasteiger partial charge in [0.15, 0.2) is 0 Å². The van der Waals surface area contributed by atoms with Crippen LogP contribution in [-0.2, 0) is 4.79 Å². The molecule has 4 aliphatic rings. The number of nitrogens with one attached hydrogen (secondary N) is 1. The van der Waals surface area contributed by atoms with E-state index in [1.807, 2.05) is 54.7 Å². The number of allylic oxidation sites excluding steroid dienone is 7. The van der Waals surface area contributed by atoms with Crippen LogP contribution in [0.3, 0.4) is 0 Å². The molecule has 0 unspecified atom stereocenters. The van der Waals surface area contributed by atoms with E-state index in [4.69, 9.17) is 0 Å². The number of carbonyl (C=O) groups is 1. The number of ketones is 1. The predicted octanol–water partition coefficient (Wildman–Crippen LogP) is 3.20. The van der Waals surface area contributed by atoms with Crippen molar-refractivity contribution in [1.82, 2.24) is 4.98 Å². The van der Waals surface area contributed by atoms with Crippen molar-refractivity contribution in [3.05, 3.63) is 83.1 Å². The average molecular weight is 324 g/mol. The third-order valence-electron chi connectivity index (χ3n) is 4.11. The highest BCUT2D eigenvalue weighted by Crippen LogP contribution is 2.20. The van der Waals surface area contributed by atoms with Crippen LogP contribution in [0.15, 0.2) is 86.7 Å². The Morgan fingerprint density at radius 1 is 0.640 bits per heavy atom. The summed E-state index contributed by atoms with van der Waals surface area (Å²) in [6.45, 7) is 0. The van der Waals surface area contributed by atoms with E-state index >= 15 is 0 Å². The Hall–Kier alpha value is -3.60. The molecule has 0 saturated heterocycles. The summed E-state index contributed by atoms with van der Waals surface area (Å²) in [4.78, 5) is 29.2. The zero-order valence-corrected chi connectivity index (χ0v) is 13.1. The number of rotatable bonds is 0. The Morgan fingerprint density at radius 3 is 1.88 bits per heavy atom. The summed E-state index contributed by atoms with van der Waals surface area (Å²) in [5, 5.41) is 0. The first-order chi connectivity index (χ1) is 12.2. The topological polar surface area (TPSA) is 69.9 Å². The number of Topliss-reactive ketones (excluding diaryl/α,β-unsaturated/α-hetero) is 1. The first-order valence-corrected chi connectivity index (χ1v) is 7.92. The highest BCUT2D eigenvalue weighted by atomic mass is 16.1. The largest absolute Gasteiger partial charge is 0.355 e. The van der Waals surface area contributed by atoms with Gasteiger partial charge in [-0.3, -0.25) is 4.79 Å². The monoisotopic (exact) mass is 324 g/mol. The number of aromatic amines is 1. The van der Waals surface area contributed by atoms with Crippen LogP contribution in [-0.4, -0.2) is 27.9 Å². The molecule has 5 rings (SSSR count). The second kappa shape index (κ2) is 5.21. The van der Waals surface area contributed by atoms with Crippen LogP contribution < -0.4 is 0 Å². The molecule has 4 aliphatic heterocycles. The van der Waals surface area contributed by atoms with Crippen molar-refractivity contribution in [3.8, 4) is 0 Å². The summed E-state index contributed by atoms with van der Waals surface area (Å²) in [5.41, 5.74) is 5.78. The smallest absolute Gasteiger partial charge is 0.229 e. The minimum Gasteiger partial charge on any atom is -0.355 e. The second-order valence-corrected chi connectivity index (χ2v) is 5.94. The Morgan fingerprint density at radius 2 is 1.20 bits per heavy atom. The van der Waals surface area contributed by atoms with Gasteiger partial charge in [0.1, 0.15) is 11.4 Å². The van der Waals surface area contributed by atoms with Crippen molar-refractivity contribution in [1.29, 1.82) is 0 Å². The molecular formula is C20H12N4O. The van der Waals surface area contributed by atoms with Gasteiger partial charge < -0.3 is 4.98 Å². The summed E-state index contributed by atoms with van der Waals surface area (Å²) >= 11 is 0. The minimum atomic E-state index is -0.178. The Bertz CT molecular complexity index is 1090. The van der Waals surface area contributed by atoms with E-state index in [0.29, 0.717) is 17.1 Å². The SMILES string of the molecule is O=C1C2=NC(=CC3=NC(=Cc4ccc([nH]4)C=C4C=CC1=N4)C=C3)C=C2. The number of fused-ring (bicyclic) bond motifs is 5. The molecule has 0 atom stereocenters. The molecule has 0 saturated carbocycles. The molecule has 0 aromatic carbocycles. The molecule has 0 aliphatic carbocycles. The van der Waals surface area contributed by atoms with E-state index in [-0.39, 0.29) is 5.78 Å². The van der Waals surface area contributed by atoms with E-state index in [9.17, 15) is 4.79 Å². The summed E-state index contributed by atoms with van der Waals surface area (Å²) in [6.07, 6.45) is 16.7. The number of nitrogens with zero attached hydrogens (tertiary/aromatic N) is 3. The fourth-order valence-corrected chi connectivity index (χ4v) is 2.92. The van der Waals surface area contributed by atoms with Gasteiger partial charge in [0.2, 0.25) is 5.78 Å². The maximum Gasteiger partial charge on any atom is 0.229 e. The first kappa shape index (κ1) is 13.8. The molecule has 5 heterocycles. The van der Waals surface area contributed by atoms with Gasteiger partial charge in [-0.1, -0.05) is 0 Å². The third-order valence-corrected chi connectivity index (χ3v) is 4.11. The molecular weight excluding hydrogens is 312 g/mol. The van der Waals surface area contributed by atoms with Gasteiger partial charge in [-0.25, -0.2) is 15.0 Å². The lowest BCUT2D eigenvalue weighted by atomic mass is 10.1. The van der Waals surface area contributed by atoms with Crippen molar-refractivity contribution in [2.45, 2.75) is 0 Å². The van der Waals surface area contributed by atoms with E-state index in [2.05, 4.69) is 20.0 Å². The van der Waals surface area contributed by atoms with Crippen LogP contribution in [0.1, 0.15) is 11.4 Å². The lowest BCUT2D eigenvalue weighted by Crippen LogP contribution is -2.18. The van der Waals surface area contributed by atoms with Gasteiger partial charge >= 0.3 is 0 Å². The quantitative estimate of drug-likeness (QED) is 0.782. The van der Waals surface area contributed by atoms with E-state index in [0.717, 1.165) is 28.5 Å². The van der Waals surface area contributed by atoms with E-state index in [1.54, 1.807) is 12.2 Å². The summed E-state index contributed by atoms with van der Waals surface area (Å²) < 4.78 is 0. The van der Waals surface area contributed by atoms with Crippen molar-refractivity contribution in [2.75, 3.05) is 0 Å². The molecule has 0 radical (unpaired) electrons. The van der Waals surface area contributed by atoms with E-state index in [1.165, 1.54) is 0 Å². The molecule has 8 bridgehead atoms. The Kier molecular flexibility index (Phi) is 2.87. The van der Waals surface area contributed by atoms with Crippen molar-refractivity contribution in [2.24, 2.45) is 15.0 Å². The van der Waals surface area contributed by atoms with Gasteiger partial charge in [-0.2, -0.15) is 0 Å². The maximum atomic E-state index is 12.6. The molecule has 0 amide bonds. The van der Waals surface area contributed by atoms with Gasteiger partial charge in [0.25, 0.3) is 0 Å². The second-order valence-electron chi connectivity index (χ2n) is 5.94. The lowest BCUT2D eigenvalue weighted by Gasteiger charge is -1.96. The normalized spacial score (nSPS) is 20.2. The number of aromatic nitrogens is 1. The van der Waals surface area contributed by atoms with E-state index < -0.39 is 0 Å².